The van der Waals surface area contributed by atoms with Gasteiger partial charge < -0.3 is 0 Å². The number of hydrogen-bond donors (Lipinski definition) is 0. The minimum Gasteiger partial charge on any atom is -0.0954 e. The van der Waals surface area contributed by atoms with Gasteiger partial charge in [-0.3, -0.25) is 0 Å². The quantitative estimate of drug-likeness (QED) is 0.214. The Hall–Kier alpha value is -1.13. The minimum atomic E-state index is 0.805. The highest BCUT2D eigenvalue weighted by atomic mass is 15.1. The third kappa shape index (κ3) is 4.87. The summed E-state index contributed by atoms with van der Waals surface area (Å²) in [6.07, 6.45) is 1.81. The molecule has 8 heavy (non-hydrogen) atoms. The van der Waals surface area contributed by atoms with E-state index in [9.17, 15) is 0 Å². The summed E-state index contributed by atoms with van der Waals surface area (Å²) in [7, 11) is 0. The van der Waals surface area contributed by atoms with Crippen LogP contribution >= 0.6 is 0 Å². The average Bonchev–Trinajstić information content (AvgIpc) is 1.81. The molecule has 0 aliphatic carbocycles. The number of nitrogens with zero attached hydrogens (tertiary/aromatic N) is 3. The van der Waals surface area contributed by atoms with Crippen LogP contribution in [0.5, 0.6) is 0 Å². The minimum absolute atomic E-state index is 0.805. The first-order valence-electron chi connectivity index (χ1n) is 2.43. The van der Waals surface area contributed by atoms with Crippen molar-refractivity contribution < 1.29 is 0 Å². The van der Waals surface area contributed by atoms with Crippen LogP contribution in [0.3, 0.4) is 0 Å². The van der Waals surface area contributed by atoms with Crippen LogP contribution in [0.4, 0.5) is 0 Å². The van der Waals surface area contributed by atoms with Crippen molar-refractivity contribution in [3.8, 4) is 12.0 Å². The predicted octanol–water partition coefficient (Wildman–Crippen LogP) is 2.06. The van der Waals surface area contributed by atoms with Crippen LogP contribution in [0.15, 0.2) is 5.11 Å². The highest BCUT2D eigenvalue weighted by Gasteiger charge is 1.65. The molecule has 0 heterocycles. The van der Waals surface area contributed by atoms with Gasteiger partial charge in [-0.05, 0) is 23.1 Å². The Balaban J connectivity index is 3.35. The zero-order valence-corrected chi connectivity index (χ0v) is 4.76. The van der Waals surface area contributed by atoms with Crippen LogP contribution in [0, 0.1) is 12.0 Å². The fourth-order valence-corrected chi connectivity index (χ4v) is 0.239. The normalized spacial score (nSPS) is 6.12. The Morgan fingerprint density at radius 2 is 2.50 bits per heavy atom. The van der Waals surface area contributed by atoms with E-state index in [0.29, 0.717) is 0 Å². The van der Waals surface area contributed by atoms with Crippen LogP contribution in [-0.2, 0) is 0 Å². The molecule has 0 N–H and O–H groups in total. The molecule has 3 heteroatoms. The maximum atomic E-state index is 7.72. The van der Waals surface area contributed by atoms with E-state index in [2.05, 4.69) is 22.0 Å². The Labute approximate surface area is 48.3 Å². The van der Waals surface area contributed by atoms with Crippen molar-refractivity contribution in [3.63, 3.8) is 0 Å². The lowest BCUT2D eigenvalue weighted by atomic mass is 10.4. The molecule has 0 amide bonds. The van der Waals surface area contributed by atoms with E-state index in [1.807, 2.05) is 6.92 Å². The molecule has 0 aromatic carbocycles. The Morgan fingerprint density at radius 3 is 3.00 bits per heavy atom. The average molecular weight is 109 g/mol. The van der Waals surface area contributed by atoms with Crippen LogP contribution in [-0.4, -0.2) is 0 Å². The lowest BCUT2D eigenvalue weighted by Gasteiger charge is -1.71. The lowest BCUT2D eigenvalue weighted by Crippen LogP contribution is -1.57. The van der Waals surface area contributed by atoms with E-state index in [-0.39, 0.29) is 0 Å². The molecule has 0 fully saturated rings. The van der Waals surface area contributed by atoms with Crippen LogP contribution in [0.1, 0.15) is 19.8 Å². The van der Waals surface area contributed by atoms with Crippen LogP contribution in [0.25, 0.3) is 10.4 Å². The highest BCUT2D eigenvalue weighted by Crippen LogP contribution is 1.80. The van der Waals surface area contributed by atoms with Gasteiger partial charge in [-0.15, -0.1) is 0 Å². The van der Waals surface area contributed by atoms with E-state index in [0.717, 1.165) is 12.8 Å². The van der Waals surface area contributed by atoms with Crippen LogP contribution in [0.2, 0.25) is 0 Å². The highest BCUT2D eigenvalue weighted by molar-refractivity contribution is 4.96. The molecule has 0 radical (unpaired) electrons. The van der Waals surface area contributed by atoms with Gasteiger partial charge in [0.1, 0.15) is 0 Å². The summed E-state index contributed by atoms with van der Waals surface area (Å²) < 4.78 is 0. The van der Waals surface area contributed by atoms with Gasteiger partial charge in [0.15, 0.2) is 0 Å². The first-order chi connectivity index (χ1) is 3.91. The molecule has 3 nitrogen and oxygen atoms in total. The van der Waals surface area contributed by atoms with Gasteiger partial charge in [-0.2, -0.15) is 0 Å². The fraction of sp³-hybridized carbons (Fsp3) is 0.600. The van der Waals surface area contributed by atoms with Gasteiger partial charge in [-0.1, -0.05) is 12.8 Å². The third-order valence-corrected chi connectivity index (χ3v) is 0.549. The summed E-state index contributed by atoms with van der Waals surface area (Å²) in [6, 6.07) is 2.29. The molecule has 0 atom stereocenters. The number of rotatable bonds is 1. The molecule has 42 valence electrons. The van der Waals surface area contributed by atoms with Gasteiger partial charge in [0.2, 0.25) is 0 Å². The molecule has 0 aliphatic heterocycles. The molecule has 0 aromatic rings. The second-order valence-corrected chi connectivity index (χ2v) is 1.23. The Morgan fingerprint density at radius 1 is 1.75 bits per heavy atom. The van der Waals surface area contributed by atoms with E-state index >= 15 is 0 Å². The van der Waals surface area contributed by atoms with E-state index in [1.165, 1.54) is 0 Å². The zero-order chi connectivity index (χ0) is 6.24. The standard InChI is InChI=1S/C5H7N3/c1-2-3-4-5-7-8-6/h2-3H2,1H3. The SMILES string of the molecule is CCCC#CN=[N+]=[N-]. The van der Waals surface area contributed by atoms with Crippen molar-refractivity contribution in [1.82, 2.24) is 0 Å². The number of hydrogen-bond acceptors (Lipinski definition) is 1. The van der Waals surface area contributed by atoms with E-state index in [1.54, 1.807) is 0 Å². The summed E-state index contributed by atoms with van der Waals surface area (Å²) in [5.41, 5.74) is 7.72. The maximum Gasteiger partial charge on any atom is 0.0127 e. The first kappa shape index (κ1) is 6.87. The van der Waals surface area contributed by atoms with Crippen molar-refractivity contribution in [1.29, 1.82) is 0 Å². The van der Waals surface area contributed by atoms with Gasteiger partial charge in [0.25, 0.3) is 0 Å². The molecule has 0 saturated carbocycles. The predicted molar refractivity (Wildman–Crippen MR) is 31.8 cm³/mol. The van der Waals surface area contributed by atoms with Crippen molar-refractivity contribution in [2.24, 2.45) is 5.11 Å². The fourth-order valence-electron chi connectivity index (χ4n) is 0.239. The summed E-state index contributed by atoms with van der Waals surface area (Å²) in [6.45, 7) is 2.02. The summed E-state index contributed by atoms with van der Waals surface area (Å²) in [4.78, 5) is 2.46. The molecule has 0 saturated heterocycles. The lowest BCUT2D eigenvalue weighted by molar-refractivity contribution is 0.982. The number of unbranched alkanes of at least 4 members (excludes halogenated alkanes) is 1. The molecule has 0 aliphatic rings. The largest absolute Gasteiger partial charge is 0.0954 e. The second kappa shape index (κ2) is 5.87. The van der Waals surface area contributed by atoms with Gasteiger partial charge in [0.05, 0.1) is 0 Å². The smallest absolute Gasteiger partial charge is 0.0127 e. The van der Waals surface area contributed by atoms with E-state index in [4.69, 9.17) is 5.53 Å². The van der Waals surface area contributed by atoms with Crippen LogP contribution < -0.4 is 0 Å². The zero-order valence-electron chi connectivity index (χ0n) is 4.76. The molecule has 0 unspecified atom stereocenters. The van der Waals surface area contributed by atoms with Gasteiger partial charge in [0, 0.05) is 11.3 Å². The molecule has 0 bridgehead atoms. The molecular weight excluding hydrogens is 102 g/mol. The van der Waals surface area contributed by atoms with Gasteiger partial charge in [-0.25, -0.2) is 0 Å². The third-order valence-electron chi connectivity index (χ3n) is 0.549. The monoisotopic (exact) mass is 109 g/mol. The summed E-state index contributed by atoms with van der Waals surface area (Å²) >= 11 is 0. The summed E-state index contributed by atoms with van der Waals surface area (Å²) in [5.74, 6) is 2.67. The molecule has 0 aromatic heterocycles. The number of azide groups is 1. The topological polar surface area (TPSA) is 48.8 Å². The van der Waals surface area contributed by atoms with Crippen molar-refractivity contribution >= 4 is 0 Å². The second-order valence-electron chi connectivity index (χ2n) is 1.23. The van der Waals surface area contributed by atoms with Crippen molar-refractivity contribution in [3.05, 3.63) is 10.4 Å². The van der Waals surface area contributed by atoms with Gasteiger partial charge >= 0.3 is 0 Å². The maximum absolute atomic E-state index is 7.72. The summed E-state index contributed by atoms with van der Waals surface area (Å²) in [5, 5.41) is 3.03. The molecular formula is C5H7N3. The van der Waals surface area contributed by atoms with Crippen molar-refractivity contribution in [2.45, 2.75) is 19.8 Å². The van der Waals surface area contributed by atoms with E-state index < -0.39 is 0 Å². The Kier molecular flexibility index (Phi) is 5.04. The first-order valence-corrected chi connectivity index (χ1v) is 2.43. The van der Waals surface area contributed by atoms with Crippen molar-refractivity contribution in [2.75, 3.05) is 0 Å². The molecule has 0 spiro atoms. The Bertz CT molecular complexity index is 145. The molecule has 0 rings (SSSR count).